The molecule has 0 aliphatic carbocycles. The summed E-state index contributed by atoms with van der Waals surface area (Å²) >= 11 is 0. The first-order valence-corrected chi connectivity index (χ1v) is 6.49. The summed E-state index contributed by atoms with van der Waals surface area (Å²) in [5.74, 6) is 6.08. The Labute approximate surface area is 104 Å². The van der Waals surface area contributed by atoms with Crippen molar-refractivity contribution in [1.29, 1.82) is 0 Å². The fraction of sp³-hybridized carbons (Fsp3) is 0.500. The molecule has 0 nitrogen and oxygen atoms in total. The molecule has 0 amide bonds. The zero-order valence-corrected chi connectivity index (χ0v) is 10.9. The largest absolute Gasteiger partial charge is 0.207 e. The van der Waals surface area contributed by atoms with E-state index >= 15 is 0 Å². The van der Waals surface area contributed by atoms with Crippen LogP contribution in [-0.2, 0) is 0 Å². The van der Waals surface area contributed by atoms with Gasteiger partial charge in [-0.05, 0) is 37.1 Å². The topological polar surface area (TPSA) is 0 Å². The Morgan fingerprint density at radius 2 is 1.88 bits per heavy atom. The van der Waals surface area contributed by atoms with Crippen molar-refractivity contribution in [3.63, 3.8) is 0 Å². The third kappa shape index (κ3) is 5.54. The summed E-state index contributed by atoms with van der Waals surface area (Å²) in [6, 6.07) is 5.03. The Hall–Kier alpha value is -1.29. The molecule has 1 aromatic carbocycles. The molecule has 0 fully saturated rings. The number of hydrogen-bond donors (Lipinski definition) is 0. The van der Waals surface area contributed by atoms with Gasteiger partial charge in [-0.1, -0.05) is 44.4 Å². The van der Waals surface area contributed by atoms with E-state index in [0.717, 1.165) is 12.0 Å². The van der Waals surface area contributed by atoms with Crippen LogP contribution in [0.1, 0.15) is 56.6 Å². The second kappa shape index (κ2) is 7.90. The highest BCUT2D eigenvalue weighted by molar-refractivity contribution is 5.37. The van der Waals surface area contributed by atoms with Crippen molar-refractivity contribution in [2.24, 2.45) is 0 Å². The van der Waals surface area contributed by atoms with Gasteiger partial charge in [0.15, 0.2) is 0 Å². The van der Waals surface area contributed by atoms with Gasteiger partial charge in [0, 0.05) is 12.0 Å². The van der Waals surface area contributed by atoms with Gasteiger partial charge in [0.05, 0.1) is 0 Å². The molecular weight excluding hydrogens is 211 g/mol. The molecule has 0 spiro atoms. The lowest BCUT2D eigenvalue weighted by Gasteiger charge is -1.96. The Bertz CT molecular complexity index is 396. The first-order valence-electron chi connectivity index (χ1n) is 6.49. The van der Waals surface area contributed by atoms with Gasteiger partial charge in [0.2, 0.25) is 0 Å². The lowest BCUT2D eigenvalue weighted by Crippen LogP contribution is -1.83. The van der Waals surface area contributed by atoms with Crippen molar-refractivity contribution in [2.45, 2.75) is 52.4 Å². The van der Waals surface area contributed by atoms with E-state index in [1.54, 1.807) is 19.1 Å². The molecule has 92 valence electrons. The highest BCUT2D eigenvalue weighted by Crippen LogP contribution is 2.08. The van der Waals surface area contributed by atoms with Crippen LogP contribution in [0.2, 0.25) is 0 Å². The van der Waals surface area contributed by atoms with E-state index < -0.39 is 0 Å². The molecule has 0 aliphatic rings. The van der Waals surface area contributed by atoms with Gasteiger partial charge in [-0.25, -0.2) is 4.39 Å². The Morgan fingerprint density at radius 1 is 1.12 bits per heavy atom. The lowest BCUT2D eigenvalue weighted by atomic mass is 10.1. The standard InChI is InChI=1S/C16H21F/c1-3-4-5-6-7-8-9-10-15-11-12-16(17)14(2)13-15/h11-13H,3-8H2,1-2H3. The summed E-state index contributed by atoms with van der Waals surface area (Å²) < 4.78 is 13.0. The number of benzene rings is 1. The van der Waals surface area contributed by atoms with Crippen LogP contribution < -0.4 is 0 Å². The summed E-state index contributed by atoms with van der Waals surface area (Å²) in [5.41, 5.74) is 1.58. The quantitative estimate of drug-likeness (QED) is 0.503. The number of unbranched alkanes of at least 4 members (excludes halogenated alkanes) is 5. The van der Waals surface area contributed by atoms with E-state index in [1.807, 2.05) is 0 Å². The van der Waals surface area contributed by atoms with Gasteiger partial charge >= 0.3 is 0 Å². The van der Waals surface area contributed by atoms with Gasteiger partial charge in [-0.2, -0.15) is 0 Å². The van der Waals surface area contributed by atoms with Crippen LogP contribution in [-0.4, -0.2) is 0 Å². The van der Waals surface area contributed by atoms with Crippen LogP contribution in [0.3, 0.4) is 0 Å². The Balaban J connectivity index is 2.31. The fourth-order valence-corrected chi connectivity index (χ4v) is 1.70. The minimum absolute atomic E-state index is 0.157. The van der Waals surface area contributed by atoms with Crippen molar-refractivity contribution in [3.05, 3.63) is 35.1 Å². The van der Waals surface area contributed by atoms with Crippen molar-refractivity contribution >= 4 is 0 Å². The second-order valence-corrected chi connectivity index (χ2v) is 4.43. The number of aryl methyl sites for hydroxylation is 1. The molecule has 1 rings (SSSR count). The molecule has 17 heavy (non-hydrogen) atoms. The van der Waals surface area contributed by atoms with E-state index in [9.17, 15) is 4.39 Å². The van der Waals surface area contributed by atoms with Gasteiger partial charge in [0.25, 0.3) is 0 Å². The first-order chi connectivity index (χ1) is 8.24. The molecule has 0 aliphatic heterocycles. The predicted octanol–water partition coefficient (Wildman–Crippen LogP) is 4.85. The molecule has 0 atom stereocenters. The van der Waals surface area contributed by atoms with E-state index in [-0.39, 0.29) is 5.82 Å². The summed E-state index contributed by atoms with van der Waals surface area (Å²) in [4.78, 5) is 0. The van der Waals surface area contributed by atoms with Crippen LogP contribution in [0.5, 0.6) is 0 Å². The van der Waals surface area contributed by atoms with Crippen molar-refractivity contribution in [2.75, 3.05) is 0 Å². The molecule has 0 N–H and O–H groups in total. The summed E-state index contributed by atoms with van der Waals surface area (Å²) in [6.07, 6.45) is 7.30. The zero-order valence-electron chi connectivity index (χ0n) is 10.9. The van der Waals surface area contributed by atoms with Crippen LogP contribution in [0.4, 0.5) is 4.39 Å². The zero-order chi connectivity index (χ0) is 12.5. The van der Waals surface area contributed by atoms with Crippen LogP contribution >= 0.6 is 0 Å². The molecule has 0 saturated carbocycles. The number of hydrogen-bond acceptors (Lipinski definition) is 0. The highest BCUT2D eigenvalue weighted by atomic mass is 19.1. The van der Waals surface area contributed by atoms with Crippen molar-refractivity contribution in [3.8, 4) is 11.8 Å². The van der Waals surface area contributed by atoms with Gasteiger partial charge in [0.1, 0.15) is 5.82 Å². The number of halogens is 1. The molecule has 0 saturated heterocycles. The van der Waals surface area contributed by atoms with Crippen LogP contribution in [0.25, 0.3) is 0 Å². The molecule has 1 aromatic rings. The third-order valence-corrected chi connectivity index (χ3v) is 2.80. The molecule has 0 aromatic heterocycles. The fourth-order valence-electron chi connectivity index (χ4n) is 1.70. The predicted molar refractivity (Wildman–Crippen MR) is 71.4 cm³/mol. The second-order valence-electron chi connectivity index (χ2n) is 4.43. The maximum absolute atomic E-state index is 13.0. The average Bonchev–Trinajstić information content (AvgIpc) is 2.32. The monoisotopic (exact) mass is 232 g/mol. The van der Waals surface area contributed by atoms with E-state index in [2.05, 4.69) is 18.8 Å². The average molecular weight is 232 g/mol. The van der Waals surface area contributed by atoms with Gasteiger partial charge in [-0.3, -0.25) is 0 Å². The Morgan fingerprint density at radius 3 is 2.59 bits per heavy atom. The first kappa shape index (κ1) is 13.8. The highest BCUT2D eigenvalue weighted by Gasteiger charge is 1.95. The third-order valence-electron chi connectivity index (χ3n) is 2.80. The molecule has 0 unspecified atom stereocenters. The van der Waals surface area contributed by atoms with Crippen molar-refractivity contribution < 1.29 is 4.39 Å². The molecule has 1 heteroatoms. The minimum atomic E-state index is -0.157. The normalized spacial score (nSPS) is 9.82. The van der Waals surface area contributed by atoms with Crippen molar-refractivity contribution in [1.82, 2.24) is 0 Å². The molecule has 0 bridgehead atoms. The van der Waals surface area contributed by atoms with E-state index in [0.29, 0.717) is 5.56 Å². The summed E-state index contributed by atoms with van der Waals surface area (Å²) in [7, 11) is 0. The summed E-state index contributed by atoms with van der Waals surface area (Å²) in [5, 5.41) is 0. The SMILES string of the molecule is CCCCCCCC#Cc1ccc(F)c(C)c1. The van der Waals surface area contributed by atoms with E-state index in [1.165, 1.54) is 38.2 Å². The molecular formula is C16H21F. The van der Waals surface area contributed by atoms with Crippen LogP contribution in [0.15, 0.2) is 18.2 Å². The van der Waals surface area contributed by atoms with Crippen LogP contribution in [0, 0.1) is 24.6 Å². The summed E-state index contributed by atoms with van der Waals surface area (Å²) in [6.45, 7) is 3.99. The lowest BCUT2D eigenvalue weighted by molar-refractivity contribution is 0.618. The number of rotatable bonds is 5. The van der Waals surface area contributed by atoms with Gasteiger partial charge < -0.3 is 0 Å². The maximum Gasteiger partial charge on any atom is 0.126 e. The van der Waals surface area contributed by atoms with Gasteiger partial charge in [-0.15, -0.1) is 0 Å². The van der Waals surface area contributed by atoms with E-state index in [4.69, 9.17) is 0 Å². The smallest absolute Gasteiger partial charge is 0.126 e. The Kier molecular flexibility index (Phi) is 6.40. The minimum Gasteiger partial charge on any atom is -0.207 e. The maximum atomic E-state index is 13.0. The molecule has 0 radical (unpaired) electrons. The molecule has 0 heterocycles.